The zero-order valence-electron chi connectivity index (χ0n) is 12.4. The van der Waals surface area contributed by atoms with E-state index in [0.29, 0.717) is 5.69 Å². The third-order valence-electron chi connectivity index (χ3n) is 3.58. The molecule has 0 aliphatic carbocycles. The van der Waals surface area contributed by atoms with E-state index in [-0.39, 0.29) is 16.6 Å². The van der Waals surface area contributed by atoms with Crippen LogP contribution in [0.4, 0.5) is 5.69 Å². The first-order valence-electron chi connectivity index (χ1n) is 6.60. The van der Waals surface area contributed by atoms with Gasteiger partial charge in [0.05, 0.1) is 22.3 Å². The third kappa shape index (κ3) is 3.03. The number of nitrogens with zero attached hydrogens (tertiary/aromatic N) is 2. The highest BCUT2D eigenvalue weighted by molar-refractivity contribution is 6.33. The maximum atomic E-state index is 11.1. The number of aromatic carboxylic acids is 1. The largest absolute Gasteiger partial charge is 0.478 e. The Morgan fingerprint density at radius 1 is 1.43 bits per heavy atom. The van der Waals surface area contributed by atoms with Crippen LogP contribution in [0.3, 0.4) is 0 Å². The summed E-state index contributed by atoms with van der Waals surface area (Å²) < 4.78 is 1.84. The summed E-state index contributed by atoms with van der Waals surface area (Å²) in [5.74, 6) is -1.04. The van der Waals surface area contributed by atoms with Gasteiger partial charge in [0.15, 0.2) is 0 Å². The Hall–Kier alpha value is -2.01. The first-order chi connectivity index (χ1) is 9.81. The number of aromatic nitrogens is 2. The standard InChI is InChI=1S/C15H18ClN3O2/c1-8(14-9(2)18-19(4)10(14)3)17-11-5-6-13(16)12(7-11)15(20)21/h5-8,17H,1-4H3,(H,20,21). The van der Waals surface area contributed by atoms with E-state index in [1.807, 2.05) is 32.5 Å². The molecule has 21 heavy (non-hydrogen) atoms. The second-order valence-electron chi connectivity index (χ2n) is 5.07. The predicted octanol–water partition coefficient (Wildman–Crippen LogP) is 3.56. The lowest BCUT2D eigenvalue weighted by molar-refractivity contribution is 0.0697. The number of benzene rings is 1. The molecule has 0 saturated carbocycles. The minimum atomic E-state index is -1.04. The molecule has 0 bridgehead atoms. The van der Waals surface area contributed by atoms with Gasteiger partial charge in [-0.15, -0.1) is 0 Å². The summed E-state index contributed by atoms with van der Waals surface area (Å²) in [4.78, 5) is 11.1. The van der Waals surface area contributed by atoms with Crippen molar-refractivity contribution >= 4 is 23.3 Å². The number of carbonyl (C=O) groups is 1. The van der Waals surface area contributed by atoms with E-state index >= 15 is 0 Å². The number of hydrogen-bond acceptors (Lipinski definition) is 3. The molecule has 0 saturated heterocycles. The van der Waals surface area contributed by atoms with Gasteiger partial charge in [-0.05, 0) is 39.0 Å². The lowest BCUT2D eigenvalue weighted by Crippen LogP contribution is -2.10. The monoisotopic (exact) mass is 307 g/mol. The molecule has 5 nitrogen and oxygen atoms in total. The van der Waals surface area contributed by atoms with E-state index in [9.17, 15) is 4.79 Å². The molecule has 2 rings (SSSR count). The van der Waals surface area contributed by atoms with Crippen molar-refractivity contribution in [3.05, 3.63) is 45.7 Å². The Balaban J connectivity index is 2.29. The smallest absolute Gasteiger partial charge is 0.337 e. The highest BCUT2D eigenvalue weighted by Gasteiger charge is 2.17. The summed E-state index contributed by atoms with van der Waals surface area (Å²) in [6, 6.07) is 4.92. The highest BCUT2D eigenvalue weighted by atomic mass is 35.5. The minimum Gasteiger partial charge on any atom is -0.478 e. The number of halogens is 1. The van der Waals surface area contributed by atoms with Gasteiger partial charge in [-0.3, -0.25) is 4.68 Å². The molecule has 2 N–H and O–H groups in total. The van der Waals surface area contributed by atoms with Gasteiger partial charge in [0.2, 0.25) is 0 Å². The van der Waals surface area contributed by atoms with Crippen molar-refractivity contribution in [1.82, 2.24) is 9.78 Å². The summed E-state index contributed by atoms with van der Waals surface area (Å²) in [6.07, 6.45) is 0. The summed E-state index contributed by atoms with van der Waals surface area (Å²) in [5, 5.41) is 17.0. The Kier molecular flexibility index (Phi) is 4.23. The second-order valence-corrected chi connectivity index (χ2v) is 5.48. The van der Waals surface area contributed by atoms with Gasteiger partial charge in [-0.1, -0.05) is 11.6 Å². The van der Waals surface area contributed by atoms with Crippen LogP contribution >= 0.6 is 11.6 Å². The van der Waals surface area contributed by atoms with Crippen LogP contribution in [0.1, 0.15) is 40.3 Å². The van der Waals surface area contributed by atoms with Crippen molar-refractivity contribution in [2.24, 2.45) is 7.05 Å². The van der Waals surface area contributed by atoms with Crippen molar-refractivity contribution in [3.63, 3.8) is 0 Å². The van der Waals surface area contributed by atoms with E-state index < -0.39 is 5.97 Å². The molecular formula is C15H18ClN3O2. The van der Waals surface area contributed by atoms with Crippen molar-refractivity contribution < 1.29 is 9.90 Å². The lowest BCUT2D eigenvalue weighted by Gasteiger charge is -2.17. The van der Waals surface area contributed by atoms with Gasteiger partial charge < -0.3 is 10.4 Å². The summed E-state index contributed by atoms with van der Waals surface area (Å²) in [5.41, 5.74) is 3.96. The Bertz CT molecular complexity index is 694. The molecule has 112 valence electrons. The number of carboxylic acid groups (broad SMARTS) is 1. The topological polar surface area (TPSA) is 67.2 Å². The van der Waals surface area contributed by atoms with E-state index in [0.717, 1.165) is 17.0 Å². The summed E-state index contributed by atoms with van der Waals surface area (Å²) in [6.45, 7) is 6.00. The maximum absolute atomic E-state index is 11.1. The third-order valence-corrected chi connectivity index (χ3v) is 3.91. The van der Waals surface area contributed by atoms with Crippen molar-refractivity contribution in [1.29, 1.82) is 0 Å². The first-order valence-corrected chi connectivity index (χ1v) is 6.98. The van der Waals surface area contributed by atoms with Crippen LogP contribution in [0.5, 0.6) is 0 Å². The number of hydrogen-bond donors (Lipinski definition) is 2. The molecule has 1 unspecified atom stereocenters. The fourth-order valence-corrected chi connectivity index (χ4v) is 2.72. The molecule has 0 fully saturated rings. The molecule has 0 radical (unpaired) electrons. The second kappa shape index (κ2) is 5.77. The van der Waals surface area contributed by atoms with E-state index in [1.54, 1.807) is 18.2 Å². The minimum absolute atomic E-state index is 0.0153. The highest BCUT2D eigenvalue weighted by Crippen LogP contribution is 2.27. The summed E-state index contributed by atoms with van der Waals surface area (Å²) in [7, 11) is 1.91. The van der Waals surface area contributed by atoms with E-state index in [4.69, 9.17) is 16.7 Å². The molecule has 0 aliphatic rings. The zero-order chi connectivity index (χ0) is 15.7. The van der Waals surface area contributed by atoms with Gasteiger partial charge in [0, 0.05) is 24.0 Å². The summed E-state index contributed by atoms with van der Waals surface area (Å²) >= 11 is 5.88. The SMILES string of the molecule is Cc1nn(C)c(C)c1C(C)Nc1ccc(Cl)c(C(=O)O)c1. The van der Waals surface area contributed by atoms with E-state index in [1.165, 1.54) is 0 Å². The maximum Gasteiger partial charge on any atom is 0.337 e. The fourth-order valence-electron chi connectivity index (χ4n) is 2.52. The normalized spacial score (nSPS) is 12.2. The van der Waals surface area contributed by atoms with Crippen molar-refractivity contribution in [2.45, 2.75) is 26.8 Å². The Morgan fingerprint density at radius 2 is 2.10 bits per heavy atom. The zero-order valence-corrected chi connectivity index (χ0v) is 13.2. The average Bonchev–Trinajstić information content (AvgIpc) is 2.65. The van der Waals surface area contributed by atoms with Crippen LogP contribution in [-0.4, -0.2) is 20.9 Å². The Labute approximate surface area is 128 Å². The molecule has 1 aromatic heterocycles. The van der Waals surface area contributed by atoms with Gasteiger partial charge in [0.1, 0.15) is 0 Å². The van der Waals surface area contributed by atoms with Gasteiger partial charge in [0.25, 0.3) is 0 Å². The molecule has 1 heterocycles. The molecular weight excluding hydrogens is 290 g/mol. The molecule has 0 spiro atoms. The van der Waals surface area contributed by atoms with Crippen LogP contribution in [0.25, 0.3) is 0 Å². The number of carboxylic acids is 1. The van der Waals surface area contributed by atoms with Crippen molar-refractivity contribution in [3.8, 4) is 0 Å². The molecule has 0 aliphatic heterocycles. The van der Waals surface area contributed by atoms with Gasteiger partial charge in [-0.25, -0.2) is 4.79 Å². The molecule has 0 amide bonds. The molecule has 1 atom stereocenters. The number of rotatable bonds is 4. The molecule has 2 aromatic rings. The van der Waals surface area contributed by atoms with Gasteiger partial charge >= 0.3 is 5.97 Å². The average molecular weight is 308 g/mol. The lowest BCUT2D eigenvalue weighted by atomic mass is 10.1. The fraction of sp³-hybridized carbons (Fsp3) is 0.333. The van der Waals surface area contributed by atoms with Crippen LogP contribution < -0.4 is 5.32 Å². The first kappa shape index (κ1) is 15.4. The molecule has 1 aromatic carbocycles. The quantitative estimate of drug-likeness (QED) is 0.906. The number of nitrogens with one attached hydrogen (secondary N) is 1. The van der Waals surface area contributed by atoms with Crippen LogP contribution in [0, 0.1) is 13.8 Å². The molecule has 6 heteroatoms. The number of aryl methyl sites for hydroxylation is 2. The number of anilines is 1. The predicted molar refractivity (Wildman–Crippen MR) is 83.1 cm³/mol. The van der Waals surface area contributed by atoms with Crippen LogP contribution in [0.15, 0.2) is 18.2 Å². The Morgan fingerprint density at radius 3 is 2.62 bits per heavy atom. The van der Waals surface area contributed by atoms with Crippen LogP contribution in [-0.2, 0) is 7.05 Å². The van der Waals surface area contributed by atoms with E-state index in [2.05, 4.69) is 10.4 Å². The van der Waals surface area contributed by atoms with Crippen LogP contribution in [0.2, 0.25) is 5.02 Å². The van der Waals surface area contributed by atoms with Gasteiger partial charge in [-0.2, -0.15) is 5.10 Å². The van der Waals surface area contributed by atoms with Crippen molar-refractivity contribution in [2.75, 3.05) is 5.32 Å².